The van der Waals surface area contributed by atoms with Gasteiger partial charge in [0.1, 0.15) is 6.54 Å². The SMILES string of the molecule is Cc1ccc2c(c1)C(=O)N(CC(=O)N1CCC3CCC(C1)N3)C2=O.Cl. The molecule has 0 aliphatic carbocycles. The molecule has 0 spiro atoms. The van der Waals surface area contributed by atoms with E-state index in [2.05, 4.69) is 5.32 Å². The van der Waals surface area contributed by atoms with Crippen molar-refractivity contribution in [2.24, 2.45) is 0 Å². The van der Waals surface area contributed by atoms with E-state index < -0.39 is 0 Å². The van der Waals surface area contributed by atoms with E-state index in [1.807, 2.05) is 13.0 Å². The maximum atomic E-state index is 12.6. The Morgan fingerprint density at radius 1 is 1.12 bits per heavy atom. The van der Waals surface area contributed by atoms with Gasteiger partial charge >= 0.3 is 0 Å². The predicted octanol–water partition coefficient (Wildman–Crippen LogP) is 1.37. The number of hydrogen-bond donors (Lipinski definition) is 1. The Kier molecular flexibility index (Phi) is 4.84. The summed E-state index contributed by atoms with van der Waals surface area (Å²) < 4.78 is 0. The Bertz CT molecular complexity index is 736. The number of amides is 3. The molecule has 3 amide bonds. The van der Waals surface area contributed by atoms with Crippen molar-refractivity contribution in [3.05, 3.63) is 34.9 Å². The molecule has 4 rings (SSSR count). The zero-order valence-electron chi connectivity index (χ0n) is 14.2. The molecule has 1 aromatic rings. The molecule has 2 saturated heterocycles. The van der Waals surface area contributed by atoms with Gasteiger partial charge in [0.25, 0.3) is 11.8 Å². The van der Waals surface area contributed by atoms with Crippen LogP contribution in [0.25, 0.3) is 0 Å². The van der Waals surface area contributed by atoms with Gasteiger partial charge in [0, 0.05) is 25.2 Å². The van der Waals surface area contributed by atoms with Crippen molar-refractivity contribution in [1.82, 2.24) is 15.1 Å². The van der Waals surface area contributed by atoms with E-state index in [-0.39, 0.29) is 36.7 Å². The minimum absolute atomic E-state index is 0. The second-order valence-electron chi connectivity index (χ2n) is 7.01. The molecule has 3 aliphatic heterocycles. The summed E-state index contributed by atoms with van der Waals surface area (Å²) in [6.07, 6.45) is 3.19. The molecule has 3 aliphatic rings. The molecule has 3 heterocycles. The van der Waals surface area contributed by atoms with Gasteiger partial charge in [-0.2, -0.15) is 0 Å². The Balaban J connectivity index is 0.00000182. The third kappa shape index (κ3) is 3.16. The van der Waals surface area contributed by atoms with Crippen molar-refractivity contribution >= 4 is 30.1 Å². The van der Waals surface area contributed by atoms with E-state index in [1.54, 1.807) is 17.0 Å². The van der Waals surface area contributed by atoms with Crippen molar-refractivity contribution in [3.63, 3.8) is 0 Å². The third-order valence-electron chi connectivity index (χ3n) is 5.30. The van der Waals surface area contributed by atoms with Crippen LogP contribution in [0, 0.1) is 6.92 Å². The van der Waals surface area contributed by atoms with Crippen LogP contribution in [0.5, 0.6) is 0 Å². The van der Waals surface area contributed by atoms with Crippen molar-refractivity contribution in [1.29, 1.82) is 0 Å². The van der Waals surface area contributed by atoms with Crippen LogP contribution in [0.1, 0.15) is 45.5 Å². The second kappa shape index (κ2) is 6.77. The summed E-state index contributed by atoms with van der Waals surface area (Å²) in [5.41, 5.74) is 1.73. The molecule has 2 unspecified atom stereocenters. The average Bonchev–Trinajstić information content (AvgIpc) is 2.99. The molecule has 25 heavy (non-hydrogen) atoms. The van der Waals surface area contributed by atoms with Crippen LogP contribution < -0.4 is 5.32 Å². The lowest BCUT2D eigenvalue weighted by atomic mass is 10.1. The molecule has 0 aromatic heterocycles. The molecule has 1 N–H and O–H groups in total. The highest BCUT2D eigenvalue weighted by molar-refractivity contribution is 6.22. The largest absolute Gasteiger partial charge is 0.340 e. The quantitative estimate of drug-likeness (QED) is 0.806. The minimum Gasteiger partial charge on any atom is -0.340 e. The van der Waals surface area contributed by atoms with Gasteiger partial charge < -0.3 is 10.2 Å². The highest BCUT2D eigenvalue weighted by Gasteiger charge is 2.38. The summed E-state index contributed by atoms with van der Waals surface area (Å²) in [5.74, 6) is -0.866. The zero-order valence-corrected chi connectivity index (χ0v) is 15.0. The molecule has 2 bridgehead atoms. The second-order valence-corrected chi connectivity index (χ2v) is 7.01. The van der Waals surface area contributed by atoms with Crippen LogP contribution in [0.15, 0.2) is 18.2 Å². The van der Waals surface area contributed by atoms with Gasteiger partial charge in [-0.15, -0.1) is 12.4 Å². The fourth-order valence-electron chi connectivity index (χ4n) is 3.95. The van der Waals surface area contributed by atoms with Gasteiger partial charge in [-0.05, 0) is 38.3 Å². The first kappa shape index (κ1) is 17.9. The maximum Gasteiger partial charge on any atom is 0.262 e. The highest BCUT2D eigenvalue weighted by atomic mass is 35.5. The molecule has 7 heteroatoms. The Labute approximate surface area is 153 Å². The van der Waals surface area contributed by atoms with Crippen LogP contribution in [0.3, 0.4) is 0 Å². The number of likely N-dealkylation sites (tertiary alicyclic amines) is 1. The smallest absolute Gasteiger partial charge is 0.262 e. The van der Waals surface area contributed by atoms with Gasteiger partial charge in [-0.25, -0.2) is 0 Å². The normalized spacial score (nSPS) is 24.8. The van der Waals surface area contributed by atoms with Crippen molar-refractivity contribution in [3.8, 4) is 0 Å². The van der Waals surface area contributed by atoms with Gasteiger partial charge in [-0.1, -0.05) is 11.6 Å². The van der Waals surface area contributed by atoms with E-state index in [0.29, 0.717) is 36.3 Å². The van der Waals surface area contributed by atoms with Crippen LogP contribution in [-0.4, -0.2) is 59.2 Å². The van der Waals surface area contributed by atoms with Crippen molar-refractivity contribution < 1.29 is 14.4 Å². The molecule has 134 valence electrons. The summed E-state index contributed by atoms with van der Waals surface area (Å²) >= 11 is 0. The number of carbonyl (C=O) groups is 3. The van der Waals surface area contributed by atoms with E-state index in [1.165, 1.54) is 6.42 Å². The number of aryl methyl sites for hydroxylation is 1. The maximum absolute atomic E-state index is 12.6. The van der Waals surface area contributed by atoms with Crippen molar-refractivity contribution in [2.75, 3.05) is 19.6 Å². The number of fused-ring (bicyclic) bond motifs is 3. The number of hydrogen-bond acceptors (Lipinski definition) is 4. The van der Waals surface area contributed by atoms with Gasteiger partial charge in [0.05, 0.1) is 11.1 Å². The van der Waals surface area contributed by atoms with Crippen LogP contribution in [-0.2, 0) is 4.79 Å². The number of carbonyl (C=O) groups excluding carboxylic acids is 3. The Morgan fingerprint density at radius 2 is 1.84 bits per heavy atom. The number of nitrogens with one attached hydrogen (secondary N) is 1. The summed E-state index contributed by atoms with van der Waals surface area (Å²) in [4.78, 5) is 40.5. The zero-order chi connectivity index (χ0) is 16.8. The molecule has 0 saturated carbocycles. The van der Waals surface area contributed by atoms with Crippen molar-refractivity contribution in [2.45, 2.75) is 38.3 Å². The summed E-state index contributed by atoms with van der Waals surface area (Å²) in [6, 6.07) is 6.03. The van der Waals surface area contributed by atoms with E-state index in [9.17, 15) is 14.4 Å². The topological polar surface area (TPSA) is 69.7 Å². The average molecular weight is 364 g/mol. The fraction of sp³-hybridized carbons (Fsp3) is 0.500. The Morgan fingerprint density at radius 3 is 2.64 bits per heavy atom. The van der Waals surface area contributed by atoms with E-state index >= 15 is 0 Å². The lowest BCUT2D eigenvalue weighted by molar-refractivity contribution is -0.131. The standard InChI is InChI=1S/C18H21N3O3.ClH/c1-11-2-5-14-15(8-11)18(24)21(17(14)23)10-16(22)20-7-6-12-3-4-13(9-20)19-12;/h2,5,8,12-13,19H,3-4,6-7,9-10H2,1H3;1H. The van der Waals surface area contributed by atoms with Gasteiger partial charge in [0.15, 0.2) is 0 Å². The summed E-state index contributed by atoms with van der Waals surface area (Å²) in [5, 5.41) is 3.53. The summed E-state index contributed by atoms with van der Waals surface area (Å²) in [7, 11) is 0. The lowest BCUT2D eigenvalue weighted by Crippen LogP contribution is -2.45. The summed E-state index contributed by atoms with van der Waals surface area (Å²) in [6.45, 7) is 3.07. The predicted molar refractivity (Wildman–Crippen MR) is 94.9 cm³/mol. The molecule has 2 atom stereocenters. The molecule has 0 radical (unpaired) electrons. The third-order valence-corrected chi connectivity index (χ3v) is 5.30. The highest BCUT2D eigenvalue weighted by Crippen LogP contribution is 2.25. The van der Waals surface area contributed by atoms with E-state index in [4.69, 9.17) is 0 Å². The fourth-order valence-corrected chi connectivity index (χ4v) is 3.95. The number of halogens is 1. The van der Waals surface area contributed by atoms with Crippen LogP contribution >= 0.6 is 12.4 Å². The first-order chi connectivity index (χ1) is 11.5. The molecule has 2 fully saturated rings. The number of rotatable bonds is 2. The molecular formula is C18H22ClN3O3. The number of nitrogens with zero attached hydrogens (tertiary/aromatic N) is 2. The molecule has 1 aromatic carbocycles. The number of benzene rings is 1. The van der Waals surface area contributed by atoms with Crippen LogP contribution in [0.2, 0.25) is 0 Å². The lowest BCUT2D eigenvalue weighted by Gasteiger charge is -2.26. The van der Waals surface area contributed by atoms with E-state index in [0.717, 1.165) is 23.3 Å². The Hall–Kier alpha value is -1.92. The number of imide groups is 1. The minimum atomic E-state index is -0.363. The monoisotopic (exact) mass is 363 g/mol. The van der Waals surface area contributed by atoms with Gasteiger partial charge in [-0.3, -0.25) is 19.3 Å². The van der Waals surface area contributed by atoms with Gasteiger partial charge in [0.2, 0.25) is 5.91 Å². The molecule has 6 nitrogen and oxygen atoms in total. The molecular weight excluding hydrogens is 342 g/mol. The first-order valence-electron chi connectivity index (χ1n) is 8.53. The van der Waals surface area contributed by atoms with Crippen LogP contribution in [0.4, 0.5) is 0 Å². The first-order valence-corrected chi connectivity index (χ1v) is 8.53.